The van der Waals surface area contributed by atoms with E-state index in [9.17, 15) is 9.18 Å². The zero-order chi connectivity index (χ0) is 15.7. The third-order valence-electron chi connectivity index (χ3n) is 8.63. The van der Waals surface area contributed by atoms with Crippen LogP contribution in [0.2, 0.25) is 0 Å². The van der Waals surface area contributed by atoms with E-state index >= 15 is 0 Å². The lowest BCUT2D eigenvalue weighted by molar-refractivity contribution is -0.141. The van der Waals surface area contributed by atoms with Crippen LogP contribution in [-0.2, 0) is 4.79 Å². The van der Waals surface area contributed by atoms with Crippen molar-refractivity contribution in [3.05, 3.63) is 0 Å². The molecule has 0 radical (unpaired) electrons. The minimum Gasteiger partial charge on any atom is -0.296 e. The SMILES string of the molecule is CC1CC[C@@]2(C)C(CC[C@@H]3[C@@H]2CC[C@]2(C)C(=O)[C@H](F)C[C@@H]32)C1. The summed E-state index contributed by atoms with van der Waals surface area (Å²) in [5.74, 6) is 3.37. The fourth-order valence-corrected chi connectivity index (χ4v) is 7.22. The highest BCUT2D eigenvalue weighted by molar-refractivity contribution is 5.91. The Kier molecular flexibility index (Phi) is 3.31. The molecule has 4 aliphatic rings. The standard InChI is InChI=1S/C20H31FO/c1-12-6-8-19(2)13(10-12)4-5-14-15(19)7-9-20(3)16(14)11-17(21)18(20)22/h12-17H,4-11H2,1-3H3/t12?,13?,14-,15+,16+,17-,19+,20+/m1/s1. The Morgan fingerprint density at radius 2 is 1.77 bits per heavy atom. The number of rotatable bonds is 0. The second-order valence-electron chi connectivity index (χ2n) is 9.56. The number of hydrogen-bond donors (Lipinski definition) is 0. The van der Waals surface area contributed by atoms with Crippen LogP contribution in [-0.4, -0.2) is 12.0 Å². The average Bonchev–Trinajstić information content (AvgIpc) is 2.72. The van der Waals surface area contributed by atoms with Gasteiger partial charge in [0, 0.05) is 5.41 Å². The van der Waals surface area contributed by atoms with Crippen molar-refractivity contribution in [1.82, 2.24) is 0 Å². The van der Waals surface area contributed by atoms with Gasteiger partial charge in [0.05, 0.1) is 0 Å². The Bertz CT molecular complexity index is 488. The molecule has 0 N–H and O–H groups in total. The quantitative estimate of drug-likeness (QED) is 0.602. The maximum absolute atomic E-state index is 14.2. The fourth-order valence-electron chi connectivity index (χ4n) is 7.22. The molecule has 0 bridgehead atoms. The summed E-state index contributed by atoms with van der Waals surface area (Å²) in [7, 11) is 0. The number of hydrogen-bond acceptors (Lipinski definition) is 1. The molecular weight excluding hydrogens is 275 g/mol. The molecule has 0 aliphatic heterocycles. The van der Waals surface area contributed by atoms with Crippen molar-refractivity contribution in [3.63, 3.8) is 0 Å². The van der Waals surface area contributed by atoms with Gasteiger partial charge < -0.3 is 0 Å². The minimum absolute atomic E-state index is 0.0690. The number of carbonyl (C=O) groups excluding carboxylic acids is 1. The van der Waals surface area contributed by atoms with Crippen LogP contribution in [0.15, 0.2) is 0 Å². The molecule has 8 atom stereocenters. The van der Waals surface area contributed by atoms with Crippen LogP contribution in [0, 0.1) is 40.4 Å². The summed E-state index contributed by atoms with van der Waals surface area (Å²) in [5, 5.41) is 0. The molecule has 0 aromatic carbocycles. The van der Waals surface area contributed by atoms with Crippen molar-refractivity contribution < 1.29 is 9.18 Å². The van der Waals surface area contributed by atoms with Crippen LogP contribution in [0.4, 0.5) is 4.39 Å². The normalized spacial score (nSPS) is 57.9. The predicted molar refractivity (Wildman–Crippen MR) is 86.2 cm³/mol. The van der Waals surface area contributed by atoms with Gasteiger partial charge in [-0.2, -0.15) is 0 Å². The Hall–Kier alpha value is -0.400. The van der Waals surface area contributed by atoms with Crippen LogP contribution < -0.4 is 0 Å². The zero-order valence-electron chi connectivity index (χ0n) is 14.4. The molecule has 0 saturated heterocycles. The van der Waals surface area contributed by atoms with E-state index in [4.69, 9.17) is 0 Å². The predicted octanol–water partition coefficient (Wildman–Crippen LogP) is 5.18. The Labute approximate surface area is 134 Å². The lowest BCUT2D eigenvalue weighted by Gasteiger charge is -2.60. The van der Waals surface area contributed by atoms with Gasteiger partial charge in [-0.3, -0.25) is 4.79 Å². The van der Waals surface area contributed by atoms with Gasteiger partial charge in [0.15, 0.2) is 12.0 Å². The molecule has 22 heavy (non-hydrogen) atoms. The molecule has 1 nitrogen and oxygen atoms in total. The first-order valence-electron chi connectivity index (χ1n) is 9.54. The highest BCUT2D eigenvalue weighted by Crippen LogP contribution is 2.66. The molecule has 0 amide bonds. The van der Waals surface area contributed by atoms with Crippen molar-refractivity contribution in [2.75, 3.05) is 0 Å². The van der Waals surface area contributed by atoms with Gasteiger partial charge in [-0.05, 0) is 80.0 Å². The van der Waals surface area contributed by atoms with Crippen LogP contribution >= 0.6 is 0 Å². The number of halogens is 1. The summed E-state index contributed by atoms with van der Waals surface area (Å²) in [6, 6.07) is 0. The molecule has 0 spiro atoms. The summed E-state index contributed by atoms with van der Waals surface area (Å²) in [6.45, 7) is 7.02. The van der Waals surface area contributed by atoms with Gasteiger partial charge in [-0.1, -0.05) is 27.2 Å². The second-order valence-corrected chi connectivity index (χ2v) is 9.56. The molecule has 2 unspecified atom stereocenters. The monoisotopic (exact) mass is 306 g/mol. The molecule has 0 heterocycles. The van der Waals surface area contributed by atoms with Gasteiger partial charge in [-0.15, -0.1) is 0 Å². The molecule has 4 fully saturated rings. The Morgan fingerprint density at radius 3 is 2.55 bits per heavy atom. The lowest BCUT2D eigenvalue weighted by Crippen LogP contribution is -2.53. The molecule has 4 saturated carbocycles. The number of Topliss-reactive ketones (excluding diaryl/α,β-unsaturated/α-hetero) is 1. The Morgan fingerprint density at radius 1 is 1.00 bits per heavy atom. The molecule has 2 heteroatoms. The lowest BCUT2D eigenvalue weighted by atomic mass is 9.45. The number of ketones is 1. The molecular formula is C20H31FO. The van der Waals surface area contributed by atoms with Crippen molar-refractivity contribution in [2.24, 2.45) is 40.4 Å². The van der Waals surface area contributed by atoms with E-state index in [2.05, 4.69) is 20.8 Å². The molecule has 0 aromatic heterocycles. The molecule has 124 valence electrons. The van der Waals surface area contributed by atoms with E-state index in [0.717, 1.165) is 30.6 Å². The highest BCUT2D eigenvalue weighted by Gasteiger charge is 2.62. The van der Waals surface area contributed by atoms with Gasteiger partial charge in [0.1, 0.15) is 0 Å². The first kappa shape index (κ1) is 15.1. The smallest absolute Gasteiger partial charge is 0.173 e. The number of fused-ring (bicyclic) bond motifs is 5. The maximum atomic E-state index is 14.2. The highest BCUT2D eigenvalue weighted by atomic mass is 19.1. The third-order valence-corrected chi connectivity index (χ3v) is 8.63. The van der Waals surface area contributed by atoms with Crippen molar-refractivity contribution in [1.29, 1.82) is 0 Å². The van der Waals surface area contributed by atoms with E-state index in [1.165, 1.54) is 32.1 Å². The first-order valence-corrected chi connectivity index (χ1v) is 9.54. The van der Waals surface area contributed by atoms with E-state index in [-0.39, 0.29) is 11.2 Å². The average molecular weight is 306 g/mol. The third kappa shape index (κ3) is 1.85. The number of carbonyl (C=O) groups is 1. The maximum Gasteiger partial charge on any atom is 0.173 e. The summed E-state index contributed by atoms with van der Waals surface area (Å²) in [4.78, 5) is 12.4. The molecule has 4 rings (SSSR count). The summed E-state index contributed by atoms with van der Waals surface area (Å²) in [6.07, 6.45) is 8.13. The largest absolute Gasteiger partial charge is 0.296 e. The topological polar surface area (TPSA) is 17.1 Å². The van der Waals surface area contributed by atoms with Gasteiger partial charge in [0.25, 0.3) is 0 Å². The van der Waals surface area contributed by atoms with Gasteiger partial charge in [-0.25, -0.2) is 4.39 Å². The minimum atomic E-state index is -1.18. The summed E-state index contributed by atoms with van der Waals surface area (Å²) >= 11 is 0. The van der Waals surface area contributed by atoms with E-state index in [0.29, 0.717) is 23.7 Å². The Balaban J connectivity index is 1.64. The van der Waals surface area contributed by atoms with Crippen LogP contribution in [0.5, 0.6) is 0 Å². The van der Waals surface area contributed by atoms with Crippen molar-refractivity contribution in [3.8, 4) is 0 Å². The van der Waals surface area contributed by atoms with Crippen LogP contribution in [0.25, 0.3) is 0 Å². The van der Waals surface area contributed by atoms with Gasteiger partial charge in [0.2, 0.25) is 0 Å². The molecule has 4 aliphatic carbocycles. The van der Waals surface area contributed by atoms with E-state index in [1.54, 1.807) is 0 Å². The fraction of sp³-hybridized carbons (Fsp3) is 0.950. The summed E-state index contributed by atoms with van der Waals surface area (Å²) in [5.41, 5.74) is 0.125. The molecule has 0 aromatic rings. The van der Waals surface area contributed by atoms with Crippen molar-refractivity contribution in [2.45, 2.75) is 78.3 Å². The zero-order valence-corrected chi connectivity index (χ0v) is 14.4. The van der Waals surface area contributed by atoms with E-state index in [1.807, 2.05) is 0 Å². The second kappa shape index (κ2) is 4.80. The van der Waals surface area contributed by atoms with Crippen LogP contribution in [0.1, 0.15) is 72.1 Å². The van der Waals surface area contributed by atoms with Crippen molar-refractivity contribution >= 4 is 5.78 Å². The van der Waals surface area contributed by atoms with Crippen LogP contribution in [0.3, 0.4) is 0 Å². The first-order chi connectivity index (χ1) is 10.4. The number of alkyl halides is 1. The summed E-state index contributed by atoms with van der Waals surface area (Å²) < 4.78 is 14.2. The van der Waals surface area contributed by atoms with Gasteiger partial charge >= 0.3 is 0 Å². The van der Waals surface area contributed by atoms with E-state index < -0.39 is 6.17 Å².